The van der Waals surface area contributed by atoms with Gasteiger partial charge < -0.3 is 20.3 Å². The molecule has 0 saturated carbocycles. The fraction of sp³-hybridized carbons (Fsp3) is 0.346. The smallest absolute Gasteiger partial charge is 0.414 e. The number of ether oxygens (including phenoxy) is 1. The molecular weight excluding hydrogens is 466 g/mol. The second-order valence-corrected chi connectivity index (χ2v) is 8.34. The molecule has 1 heterocycles. The summed E-state index contributed by atoms with van der Waals surface area (Å²) in [5, 5.41) is 26.5. The molecule has 1 aliphatic rings. The minimum Gasteiger partial charge on any atom is -0.473 e. The highest BCUT2D eigenvalue weighted by atomic mass is 16.5. The summed E-state index contributed by atoms with van der Waals surface area (Å²) in [6.45, 7) is 4.91. The summed E-state index contributed by atoms with van der Waals surface area (Å²) in [7, 11) is 0. The monoisotopic (exact) mass is 495 g/mol. The first-order valence-corrected chi connectivity index (χ1v) is 11.3. The number of carbonyl (C=O) groups excluding carboxylic acids is 2. The number of amides is 1. The number of carboxylic acid groups (broad SMARTS) is 2. The molecule has 3 rings (SSSR count). The van der Waals surface area contributed by atoms with E-state index in [0.29, 0.717) is 42.5 Å². The summed E-state index contributed by atoms with van der Waals surface area (Å²) in [6, 6.07) is 16.5. The largest absolute Gasteiger partial charge is 0.473 e. The van der Waals surface area contributed by atoms with Gasteiger partial charge in [0.2, 0.25) is 5.91 Å². The van der Waals surface area contributed by atoms with E-state index in [0.717, 1.165) is 31.5 Å². The van der Waals surface area contributed by atoms with Gasteiger partial charge >= 0.3 is 11.9 Å². The van der Waals surface area contributed by atoms with Crippen LogP contribution in [0.1, 0.15) is 41.3 Å². The number of benzene rings is 2. The predicted octanol–water partition coefficient (Wildman–Crippen LogP) is 2.78. The number of piperidine rings is 1. The van der Waals surface area contributed by atoms with E-state index in [9.17, 15) is 9.59 Å². The van der Waals surface area contributed by atoms with E-state index in [1.807, 2.05) is 12.1 Å². The molecule has 0 aliphatic carbocycles. The lowest BCUT2D eigenvalue weighted by atomic mass is 9.98. The lowest BCUT2D eigenvalue weighted by Gasteiger charge is -2.31. The van der Waals surface area contributed by atoms with Crippen molar-refractivity contribution in [2.75, 3.05) is 31.6 Å². The fourth-order valence-electron chi connectivity index (χ4n) is 3.52. The van der Waals surface area contributed by atoms with E-state index in [2.05, 4.69) is 16.3 Å². The fourth-order valence-corrected chi connectivity index (χ4v) is 3.52. The quantitative estimate of drug-likeness (QED) is 0.370. The first kappa shape index (κ1) is 28.2. The van der Waals surface area contributed by atoms with Crippen LogP contribution in [-0.4, -0.2) is 65.0 Å². The lowest BCUT2D eigenvalue weighted by molar-refractivity contribution is -0.159. The number of ketones is 1. The van der Waals surface area contributed by atoms with E-state index in [1.54, 1.807) is 36.4 Å². The number of nitrogens with one attached hydrogen (secondary N) is 1. The summed E-state index contributed by atoms with van der Waals surface area (Å²) >= 11 is 0. The third kappa shape index (κ3) is 10.0. The molecule has 0 atom stereocenters. The topological polar surface area (TPSA) is 157 Å². The Morgan fingerprint density at radius 1 is 1.00 bits per heavy atom. The summed E-state index contributed by atoms with van der Waals surface area (Å²) in [4.78, 5) is 44.0. The number of rotatable bonds is 8. The summed E-state index contributed by atoms with van der Waals surface area (Å²) in [5.41, 5.74) is 3.07. The first-order chi connectivity index (χ1) is 17.2. The second-order valence-electron chi connectivity index (χ2n) is 8.34. The second kappa shape index (κ2) is 14.4. The van der Waals surface area contributed by atoms with Gasteiger partial charge in [-0.25, -0.2) is 9.59 Å². The van der Waals surface area contributed by atoms with Crippen molar-refractivity contribution in [2.24, 2.45) is 5.92 Å². The van der Waals surface area contributed by atoms with Gasteiger partial charge in [0.15, 0.2) is 5.78 Å². The zero-order chi connectivity index (χ0) is 26.5. The van der Waals surface area contributed by atoms with Crippen LogP contribution in [0.5, 0.6) is 0 Å². The zero-order valence-electron chi connectivity index (χ0n) is 20.0. The van der Waals surface area contributed by atoms with E-state index < -0.39 is 11.9 Å². The predicted molar refractivity (Wildman–Crippen MR) is 130 cm³/mol. The molecule has 1 saturated heterocycles. The third-order valence-electron chi connectivity index (χ3n) is 5.54. The standard InChI is InChI=1S/C24H27N3O3.C2H2O4/c1-18(28)22-6-8-23(9-7-22)26-24(29)15-27-12-10-21(11-13-27)17-30-16-20-4-2-19(14-25)3-5-20;3-1(4)2(5)6/h2-9,21H,10-13,15-17H2,1H3,(H,26,29);(H,3,4)(H,5,6). The van der Waals surface area contributed by atoms with Crippen LogP contribution in [0, 0.1) is 17.2 Å². The van der Waals surface area contributed by atoms with Gasteiger partial charge in [-0.2, -0.15) is 5.26 Å². The molecule has 3 N–H and O–H groups in total. The van der Waals surface area contributed by atoms with Gasteiger partial charge in [-0.3, -0.25) is 14.5 Å². The van der Waals surface area contributed by atoms with Gasteiger partial charge in [0, 0.05) is 17.9 Å². The molecule has 1 amide bonds. The van der Waals surface area contributed by atoms with Crippen LogP contribution in [0.25, 0.3) is 0 Å². The van der Waals surface area contributed by atoms with Crippen molar-refractivity contribution in [3.8, 4) is 6.07 Å². The highest BCUT2D eigenvalue weighted by Gasteiger charge is 2.21. The molecule has 190 valence electrons. The number of carboxylic acids is 2. The van der Waals surface area contributed by atoms with E-state index in [4.69, 9.17) is 29.8 Å². The molecular formula is C26H29N3O7. The zero-order valence-corrected chi connectivity index (χ0v) is 20.0. The number of carbonyl (C=O) groups is 4. The Labute approximate surface area is 209 Å². The molecule has 0 aromatic heterocycles. The number of nitriles is 1. The first-order valence-electron chi connectivity index (χ1n) is 11.3. The highest BCUT2D eigenvalue weighted by Crippen LogP contribution is 2.18. The van der Waals surface area contributed by atoms with Crippen LogP contribution >= 0.6 is 0 Å². The van der Waals surface area contributed by atoms with Crippen LogP contribution < -0.4 is 5.32 Å². The average molecular weight is 496 g/mol. The Bertz CT molecular complexity index is 1070. The van der Waals surface area contributed by atoms with Crippen LogP contribution in [0.4, 0.5) is 5.69 Å². The van der Waals surface area contributed by atoms with E-state index >= 15 is 0 Å². The third-order valence-corrected chi connectivity index (χ3v) is 5.54. The number of likely N-dealkylation sites (tertiary alicyclic amines) is 1. The molecule has 0 spiro atoms. The number of Topliss-reactive ketones (excluding diaryl/α,β-unsaturated/α-hetero) is 1. The van der Waals surface area contributed by atoms with Gasteiger partial charge in [-0.1, -0.05) is 12.1 Å². The maximum Gasteiger partial charge on any atom is 0.414 e. The molecule has 10 nitrogen and oxygen atoms in total. The Hall–Kier alpha value is -4.07. The van der Waals surface area contributed by atoms with Gasteiger partial charge in [-0.15, -0.1) is 0 Å². The molecule has 1 aliphatic heterocycles. The van der Waals surface area contributed by atoms with Crippen molar-refractivity contribution >= 4 is 29.3 Å². The van der Waals surface area contributed by atoms with Crippen LogP contribution in [0.2, 0.25) is 0 Å². The van der Waals surface area contributed by atoms with Crippen molar-refractivity contribution in [3.05, 3.63) is 65.2 Å². The normalized spacial score (nSPS) is 13.6. The number of aliphatic carboxylic acids is 2. The van der Waals surface area contributed by atoms with E-state index in [-0.39, 0.29) is 11.7 Å². The molecule has 1 fully saturated rings. The molecule has 0 bridgehead atoms. The molecule has 0 unspecified atom stereocenters. The van der Waals surface area contributed by atoms with Gasteiger partial charge in [0.25, 0.3) is 0 Å². The van der Waals surface area contributed by atoms with Crippen molar-refractivity contribution in [3.63, 3.8) is 0 Å². The Morgan fingerprint density at radius 2 is 1.58 bits per heavy atom. The minimum atomic E-state index is -1.82. The summed E-state index contributed by atoms with van der Waals surface area (Å²) < 4.78 is 5.85. The maximum atomic E-state index is 12.3. The average Bonchev–Trinajstić information content (AvgIpc) is 2.86. The van der Waals surface area contributed by atoms with Crippen LogP contribution in [0.3, 0.4) is 0 Å². The van der Waals surface area contributed by atoms with Crippen LogP contribution in [0.15, 0.2) is 48.5 Å². The molecule has 0 radical (unpaired) electrons. The van der Waals surface area contributed by atoms with Gasteiger partial charge in [0.05, 0.1) is 24.8 Å². The SMILES string of the molecule is CC(=O)c1ccc(NC(=O)CN2CCC(COCc3ccc(C#N)cc3)CC2)cc1.O=C(O)C(=O)O. The lowest BCUT2D eigenvalue weighted by Crippen LogP contribution is -2.40. The molecule has 2 aromatic carbocycles. The van der Waals surface area contributed by atoms with Crippen molar-refractivity contribution < 1.29 is 34.1 Å². The molecule has 36 heavy (non-hydrogen) atoms. The molecule has 2 aromatic rings. The number of hydrogen-bond acceptors (Lipinski definition) is 7. The van der Waals surface area contributed by atoms with Crippen molar-refractivity contribution in [2.45, 2.75) is 26.4 Å². The van der Waals surface area contributed by atoms with Gasteiger partial charge in [-0.05, 0) is 80.7 Å². The van der Waals surface area contributed by atoms with Crippen LogP contribution in [-0.2, 0) is 25.7 Å². The highest BCUT2D eigenvalue weighted by molar-refractivity contribution is 6.27. The Kier molecular flexibility index (Phi) is 11.2. The van der Waals surface area contributed by atoms with E-state index in [1.165, 1.54) is 6.92 Å². The molecule has 10 heteroatoms. The summed E-state index contributed by atoms with van der Waals surface area (Å²) in [5.74, 6) is -3.18. The Balaban J connectivity index is 0.000000678. The van der Waals surface area contributed by atoms with Gasteiger partial charge in [0.1, 0.15) is 0 Å². The van der Waals surface area contributed by atoms with Crippen molar-refractivity contribution in [1.82, 2.24) is 4.90 Å². The number of anilines is 1. The Morgan fingerprint density at radius 3 is 2.08 bits per heavy atom. The number of hydrogen-bond donors (Lipinski definition) is 3. The summed E-state index contributed by atoms with van der Waals surface area (Å²) in [6.07, 6.45) is 2.02. The minimum absolute atomic E-state index is 0.0108. The maximum absolute atomic E-state index is 12.3. The van der Waals surface area contributed by atoms with Crippen molar-refractivity contribution in [1.29, 1.82) is 5.26 Å². The number of nitrogens with zero attached hydrogens (tertiary/aromatic N) is 2.